The van der Waals surface area contributed by atoms with E-state index in [1.165, 1.54) is 12.0 Å². The fourth-order valence-electron chi connectivity index (χ4n) is 1.74. The van der Waals surface area contributed by atoms with Crippen molar-refractivity contribution in [3.8, 4) is 0 Å². The third-order valence-corrected chi connectivity index (χ3v) is 3.27. The molecule has 0 saturated heterocycles. The summed E-state index contributed by atoms with van der Waals surface area (Å²) in [5.41, 5.74) is -0.458. The van der Waals surface area contributed by atoms with Crippen molar-refractivity contribution in [3.63, 3.8) is 0 Å². The van der Waals surface area contributed by atoms with E-state index in [1.807, 2.05) is 27.0 Å². The molecular weight excluding hydrogens is 222 g/mol. The maximum Gasteiger partial charge on any atom is 0.312 e. The van der Waals surface area contributed by atoms with Crippen LogP contribution in [0.25, 0.3) is 0 Å². The summed E-state index contributed by atoms with van der Waals surface area (Å²) in [5.74, 6) is -0.162. The molecule has 0 aliphatic heterocycles. The van der Waals surface area contributed by atoms with Crippen LogP contribution in [0.2, 0.25) is 0 Å². The zero-order valence-corrected chi connectivity index (χ0v) is 11.1. The van der Waals surface area contributed by atoms with Gasteiger partial charge in [-0.1, -0.05) is 6.07 Å². The van der Waals surface area contributed by atoms with Gasteiger partial charge in [0.05, 0.1) is 12.5 Å². The number of hydrogen-bond donors (Lipinski definition) is 0. The molecule has 0 aromatic carbocycles. The largest absolute Gasteiger partial charge is 0.469 e. The predicted molar refractivity (Wildman–Crippen MR) is 66.5 cm³/mol. The van der Waals surface area contributed by atoms with Gasteiger partial charge in [0.1, 0.15) is 0 Å². The highest BCUT2D eigenvalue weighted by Gasteiger charge is 2.30. The Morgan fingerprint density at radius 2 is 2.25 bits per heavy atom. The molecule has 1 aromatic rings. The molecule has 16 heavy (non-hydrogen) atoms. The minimum Gasteiger partial charge on any atom is -0.469 e. The standard InChI is InChI=1S/C12H19NO2S/c1-12(2,11(14)15-4)9-13(3)8-10-6-5-7-16-10/h5-7H,8-9H2,1-4H3. The van der Waals surface area contributed by atoms with Gasteiger partial charge in [-0.05, 0) is 32.3 Å². The van der Waals surface area contributed by atoms with Gasteiger partial charge in [-0.2, -0.15) is 0 Å². The summed E-state index contributed by atoms with van der Waals surface area (Å²) in [7, 11) is 3.45. The lowest BCUT2D eigenvalue weighted by Crippen LogP contribution is -2.37. The monoisotopic (exact) mass is 241 g/mol. The van der Waals surface area contributed by atoms with Gasteiger partial charge in [-0.25, -0.2) is 0 Å². The van der Waals surface area contributed by atoms with E-state index in [-0.39, 0.29) is 5.97 Å². The Labute approximate surface area is 101 Å². The van der Waals surface area contributed by atoms with Crippen LogP contribution in [0.3, 0.4) is 0 Å². The zero-order valence-electron chi connectivity index (χ0n) is 10.3. The molecule has 0 bridgehead atoms. The molecular formula is C12H19NO2S. The molecule has 0 radical (unpaired) electrons. The fourth-order valence-corrected chi connectivity index (χ4v) is 2.52. The lowest BCUT2D eigenvalue weighted by Gasteiger charge is -2.27. The topological polar surface area (TPSA) is 29.5 Å². The van der Waals surface area contributed by atoms with Crippen LogP contribution < -0.4 is 0 Å². The van der Waals surface area contributed by atoms with Crippen LogP contribution in [0.1, 0.15) is 18.7 Å². The van der Waals surface area contributed by atoms with Gasteiger partial charge in [0.25, 0.3) is 0 Å². The number of methoxy groups -OCH3 is 1. The van der Waals surface area contributed by atoms with Crippen molar-refractivity contribution in [2.45, 2.75) is 20.4 Å². The fraction of sp³-hybridized carbons (Fsp3) is 0.583. The first kappa shape index (κ1) is 13.2. The number of ether oxygens (including phenoxy) is 1. The van der Waals surface area contributed by atoms with E-state index in [9.17, 15) is 4.79 Å². The number of nitrogens with zero attached hydrogens (tertiary/aromatic N) is 1. The van der Waals surface area contributed by atoms with Crippen molar-refractivity contribution in [2.75, 3.05) is 20.7 Å². The van der Waals surface area contributed by atoms with E-state index in [2.05, 4.69) is 16.3 Å². The number of carbonyl (C=O) groups excluding carboxylic acids is 1. The Hall–Kier alpha value is -0.870. The molecule has 0 amide bonds. The molecule has 90 valence electrons. The van der Waals surface area contributed by atoms with E-state index < -0.39 is 5.41 Å². The summed E-state index contributed by atoms with van der Waals surface area (Å²) in [6.45, 7) is 5.38. The molecule has 0 unspecified atom stereocenters. The van der Waals surface area contributed by atoms with Crippen LogP contribution in [0, 0.1) is 5.41 Å². The molecule has 0 atom stereocenters. The van der Waals surface area contributed by atoms with Crippen molar-refractivity contribution in [1.82, 2.24) is 4.90 Å². The van der Waals surface area contributed by atoms with Crippen molar-refractivity contribution < 1.29 is 9.53 Å². The van der Waals surface area contributed by atoms with Gasteiger partial charge in [0.2, 0.25) is 0 Å². The molecule has 0 spiro atoms. The van der Waals surface area contributed by atoms with Gasteiger partial charge in [-0.3, -0.25) is 4.79 Å². The number of hydrogen-bond acceptors (Lipinski definition) is 4. The first-order valence-corrected chi connectivity index (χ1v) is 6.13. The van der Waals surface area contributed by atoms with E-state index in [1.54, 1.807) is 11.3 Å². The Bertz CT molecular complexity index is 333. The molecule has 1 aromatic heterocycles. The maximum absolute atomic E-state index is 11.5. The third-order valence-electron chi connectivity index (χ3n) is 2.41. The third kappa shape index (κ3) is 3.61. The summed E-state index contributed by atoms with van der Waals surface area (Å²) in [4.78, 5) is 15.0. The molecule has 3 nitrogen and oxygen atoms in total. The number of thiophene rings is 1. The predicted octanol–water partition coefficient (Wildman–Crippen LogP) is 2.38. The van der Waals surface area contributed by atoms with Gasteiger partial charge in [-0.15, -0.1) is 11.3 Å². The number of esters is 1. The second-order valence-corrected chi connectivity index (χ2v) is 5.66. The van der Waals surface area contributed by atoms with Gasteiger partial charge < -0.3 is 9.64 Å². The average molecular weight is 241 g/mol. The smallest absolute Gasteiger partial charge is 0.312 e. The quantitative estimate of drug-likeness (QED) is 0.741. The van der Waals surface area contributed by atoms with Crippen LogP contribution in [0.4, 0.5) is 0 Å². The summed E-state index contributed by atoms with van der Waals surface area (Å²) >= 11 is 1.73. The van der Waals surface area contributed by atoms with E-state index in [4.69, 9.17) is 4.74 Å². The molecule has 0 N–H and O–H groups in total. The SMILES string of the molecule is COC(=O)C(C)(C)CN(C)Cc1cccs1. The number of rotatable bonds is 5. The minimum atomic E-state index is -0.458. The molecule has 4 heteroatoms. The first-order chi connectivity index (χ1) is 7.45. The Morgan fingerprint density at radius 3 is 2.75 bits per heavy atom. The van der Waals surface area contributed by atoms with Crippen LogP contribution in [-0.2, 0) is 16.1 Å². The van der Waals surface area contributed by atoms with E-state index in [0.29, 0.717) is 6.54 Å². The van der Waals surface area contributed by atoms with Crippen molar-refractivity contribution in [2.24, 2.45) is 5.41 Å². The number of carbonyl (C=O) groups is 1. The minimum absolute atomic E-state index is 0.162. The first-order valence-electron chi connectivity index (χ1n) is 5.25. The highest BCUT2D eigenvalue weighted by atomic mass is 32.1. The van der Waals surface area contributed by atoms with Crippen molar-refractivity contribution >= 4 is 17.3 Å². The average Bonchev–Trinajstić information content (AvgIpc) is 2.67. The molecule has 1 rings (SSSR count). The molecule has 0 aliphatic carbocycles. The van der Waals surface area contributed by atoms with Crippen LogP contribution in [0.15, 0.2) is 17.5 Å². The molecule has 1 heterocycles. The lowest BCUT2D eigenvalue weighted by molar-refractivity contribution is -0.151. The van der Waals surface area contributed by atoms with Crippen molar-refractivity contribution in [1.29, 1.82) is 0 Å². The van der Waals surface area contributed by atoms with Crippen LogP contribution in [0.5, 0.6) is 0 Å². The maximum atomic E-state index is 11.5. The molecule has 0 fully saturated rings. The lowest BCUT2D eigenvalue weighted by atomic mass is 9.93. The molecule has 0 aliphatic rings. The summed E-state index contributed by atoms with van der Waals surface area (Å²) in [6.07, 6.45) is 0. The Morgan fingerprint density at radius 1 is 1.56 bits per heavy atom. The Kier molecular flexibility index (Phi) is 4.50. The second kappa shape index (κ2) is 5.46. The van der Waals surface area contributed by atoms with Gasteiger partial charge in [0, 0.05) is 18.0 Å². The van der Waals surface area contributed by atoms with E-state index in [0.717, 1.165) is 6.54 Å². The molecule has 0 saturated carbocycles. The Balaban J connectivity index is 2.50. The normalized spacial score (nSPS) is 11.8. The summed E-state index contributed by atoms with van der Waals surface area (Å²) in [5, 5.41) is 2.06. The summed E-state index contributed by atoms with van der Waals surface area (Å²) < 4.78 is 4.79. The van der Waals surface area contributed by atoms with Crippen molar-refractivity contribution in [3.05, 3.63) is 22.4 Å². The van der Waals surface area contributed by atoms with Crippen LogP contribution >= 0.6 is 11.3 Å². The van der Waals surface area contributed by atoms with Crippen LogP contribution in [-0.4, -0.2) is 31.6 Å². The highest BCUT2D eigenvalue weighted by molar-refractivity contribution is 7.09. The zero-order chi connectivity index (χ0) is 12.2. The summed E-state index contributed by atoms with van der Waals surface area (Å²) in [6, 6.07) is 4.14. The van der Waals surface area contributed by atoms with E-state index >= 15 is 0 Å². The second-order valence-electron chi connectivity index (χ2n) is 4.63. The highest BCUT2D eigenvalue weighted by Crippen LogP contribution is 2.20. The van der Waals surface area contributed by atoms with Gasteiger partial charge >= 0.3 is 5.97 Å². The van der Waals surface area contributed by atoms with Gasteiger partial charge in [0.15, 0.2) is 0 Å².